The summed E-state index contributed by atoms with van der Waals surface area (Å²) in [7, 11) is 3.76. The first-order valence-corrected chi connectivity index (χ1v) is 8.86. The van der Waals surface area contributed by atoms with Crippen LogP contribution in [0.5, 0.6) is 5.75 Å². The van der Waals surface area contributed by atoms with Gasteiger partial charge in [-0.2, -0.15) is 5.10 Å². The van der Waals surface area contributed by atoms with Gasteiger partial charge in [0.15, 0.2) is 4.77 Å². The van der Waals surface area contributed by atoms with Crippen molar-refractivity contribution in [3.05, 3.63) is 38.8 Å². The van der Waals surface area contributed by atoms with Gasteiger partial charge in [0.1, 0.15) is 11.6 Å². The minimum atomic E-state index is 0.562. The van der Waals surface area contributed by atoms with E-state index in [-0.39, 0.29) is 0 Å². The summed E-state index contributed by atoms with van der Waals surface area (Å²) in [4.78, 5) is 2.18. The van der Waals surface area contributed by atoms with Crippen LogP contribution in [-0.2, 0) is 13.2 Å². The van der Waals surface area contributed by atoms with Gasteiger partial charge in [0, 0.05) is 22.6 Å². The fourth-order valence-corrected chi connectivity index (χ4v) is 3.60. The Morgan fingerprint density at radius 1 is 1.43 bits per heavy atom. The maximum atomic E-state index is 5.59. The number of hydrogen-bond acceptors (Lipinski definition) is 4. The van der Waals surface area contributed by atoms with Crippen molar-refractivity contribution in [2.24, 2.45) is 0 Å². The van der Waals surface area contributed by atoms with E-state index < -0.39 is 0 Å². The van der Waals surface area contributed by atoms with Gasteiger partial charge in [-0.05, 0) is 57.2 Å². The number of methoxy groups -OCH3 is 1. The van der Waals surface area contributed by atoms with Crippen LogP contribution in [0.3, 0.4) is 0 Å². The van der Waals surface area contributed by atoms with Crippen LogP contribution in [0.25, 0.3) is 0 Å². The van der Waals surface area contributed by atoms with Crippen LogP contribution in [0.4, 0.5) is 0 Å². The second kappa shape index (κ2) is 6.75. The van der Waals surface area contributed by atoms with Gasteiger partial charge in [-0.25, -0.2) is 4.68 Å². The zero-order valence-corrected chi connectivity index (χ0v) is 16.0. The number of ether oxygens (including phenoxy) is 1. The average molecular weight is 397 g/mol. The van der Waals surface area contributed by atoms with Crippen LogP contribution >= 0.6 is 28.1 Å². The maximum Gasteiger partial charge on any atom is 0.199 e. The Hall–Kier alpha value is -1.18. The van der Waals surface area contributed by atoms with Crippen molar-refractivity contribution >= 4 is 28.1 Å². The van der Waals surface area contributed by atoms with Crippen molar-refractivity contribution in [3.63, 3.8) is 0 Å². The fourth-order valence-electron chi connectivity index (χ4n) is 2.81. The monoisotopic (exact) mass is 396 g/mol. The lowest BCUT2D eigenvalue weighted by atomic mass is 10.2. The van der Waals surface area contributed by atoms with E-state index >= 15 is 0 Å². The predicted octanol–water partition coefficient (Wildman–Crippen LogP) is 3.92. The molecule has 0 N–H and O–H groups in total. The normalized spacial score (nSPS) is 14.5. The number of nitrogens with zero attached hydrogens (tertiary/aromatic N) is 4. The second-order valence-corrected chi connectivity index (χ2v) is 7.32. The van der Waals surface area contributed by atoms with Gasteiger partial charge in [0.05, 0.1) is 13.8 Å². The van der Waals surface area contributed by atoms with Crippen molar-refractivity contribution in [1.82, 2.24) is 19.2 Å². The van der Waals surface area contributed by atoms with Gasteiger partial charge in [-0.15, -0.1) is 0 Å². The molecule has 1 heterocycles. The average Bonchev–Trinajstić information content (AvgIpc) is 3.27. The molecule has 0 bridgehead atoms. The topological polar surface area (TPSA) is 35.2 Å². The predicted molar refractivity (Wildman–Crippen MR) is 96.2 cm³/mol. The van der Waals surface area contributed by atoms with Crippen molar-refractivity contribution < 1.29 is 4.74 Å². The molecule has 0 amide bonds. The number of rotatable bonds is 6. The first-order valence-electron chi connectivity index (χ1n) is 7.66. The molecular formula is C16H21BrN4OS. The Morgan fingerprint density at radius 3 is 2.83 bits per heavy atom. The summed E-state index contributed by atoms with van der Waals surface area (Å²) in [5.74, 6) is 1.90. The zero-order valence-electron chi connectivity index (χ0n) is 13.6. The Bertz CT molecular complexity index is 766. The molecule has 1 saturated carbocycles. The SMILES string of the molecule is COc1ccc(Br)cc1CN(C)Cn1nc(C)n(C2CC2)c1=S. The van der Waals surface area contributed by atoms with E-state index in [9.17, 15) is 0 Å². The number of benzene rings is 1. The van der Waals surface area contributed by atoms with E-state index in [2.05, 4.69) is 43.6 Å². The Balaban J connectivity index is 1.75. The van der Waals surface area contributed by atoms with Crippen LogP contribution in [0.15, 0.2) is 22.7 Å². The van der Waals surface area contributed by atoms with Crippen molar-refractivity contribution in [1.29, 1.82) is 0 Å². The molecule has 0 saturated heterocycles. The van der Waals surface area contributed by atoms with Gasteiger partial charge in [-0.3, -0.25) is 4.90 Å². The second-order valence-electron chi connectivity index (χ2n) is 6.04. The van der Waals surface area contributed by atoms with E-state index in [1.54, 1.807) is 7.11 Å². The molecule has 124 valence electrons. The summed E-state index contributed by atoms with van der Waals surface area (Å²) in [5.41, 5.74) is 1.13. The molecular weight excluding hydrogens is 376 g/mol. The standard InChI is InChI=1S/C16H21BrN4OS/c1-11-18-20(16(23)21(11)14-5-6-14)10-19(2)9-12-8-13(17)4-7-15(12)22-3/h4,7-8,14H,5-6,9-10H2,1-3H3. The highest BCUT2D eigenvalue weighted by Crippen LogP contribution is 2.36. The highest BCUT2D eigenvalue weighted by Gasteiger charge is 2.27. The molecule has 23 heavy (non-hydrogen) atoms. The molecule has 1 aliphatic carbocycles. The quantitative estimate of drug-likeness (QED) is 0.693. The van der Waals surface area contributed by atoms with E-state index in [4.69, 9.17) is 17.0 Å². The van der Waals surface area contributed by atoms with Crippen LogP contribution in [0, 0.1) is 11.7 Å². The first-order chi connectivity index (χ1) is 11.0. The summed E-state index contributed by atoms with van der Waals surface area (Å²) in [5, 5.41) is 4.61. The lowest BCUT2D eigenvalue weighted by Gasteiger charge is -2.18. The molecule has 0 aliphatic heterocycles. The third-order valence-electron chi connectivity index (χ3n) is 4.01. The number of aryl methyl sites for hydroxylation is 1. The van der Waals surface area contributed by atoms with Crippen LogP contribution in [0.1, 0.15) is 30.3 Å². The van der Waals surface area contributed by atoms with Gasteiger partial charge >= 0.3 is 0 Å². The van der Waals surface area contributed by atoms with Gasteiger partial charge < -0.3 is 9.30 Å². The molecule has 0 unspecified atom stereocenters. The first kappa shape index (κ1) is 16.7. The Labute approximate surface area is 150 Å². The molecule has 1 aromatic heterocycles. The highest BCUT2D eigenvalue weighted by atomic mass is 79.9. The van der Waals surface area contributed by atoms with Crippen molar-refractivity contribution in [3.8, 4) is 5.75 Å². The molecule has 1 aliphatic rings. The number of halogens is 1. The molecule has 0 spiro atoms. The summed E-state index contributed by atoms with van der Waals surface area (Å²) in [6, 6.07) is 6.61. The Morgan fingerprint density at radius 2 is 2.17 bits per heavy atom. The lowest BCUT2D eigenvalue weighted by molar-refractivity contribution is 0.240. The van der Waals surface area contributed by atoms with Crippen LogP contribution in [-0.4, -0.2) is 33.4 Å². The molecule has 0 atom stereocenters. The van der Waals surface area contributed by atoms with E-state index in [0.717, 1.165) is 32.9 Å². The third kappa shape index (κ3) is 3.67. The third-order valence-corrected chi connectivity index (χ3v) is 4.91. The molecule has 3 rings (SSSR count). The molecule has 2 aromatic rings. The molecule has 7 heteroatoms. The molecule has 1 fully saturated rings. The van der Waals surface area contributed by atoms with Crippen molar-refractivity contribution in [2.75, 3.05) is 14.2 Å². The van der Waals surface area contributed by atoms with Crippen LogP contribution < -0.4 is 4.74 Å². The van der Waals surface area contributed by atoms with E-state index in [0.29, 0.717) is 12.7 Å². The summed E-state index contributed by atoms with van der Waals surface area (Å²) in [6.45, 7) is 3.46. The molecule has 0 radical (unpaired) electrons. The van der Waals surface area contributed by atoms with E-state index in [1.165, 1.54) is 12.8 Å². The van der Waals surface area contributed by atoms with Gasteiger partial charge in [0.25, 0.3) is 0 Å². The maximum absolute atomic E-state index is 5.59. The number of aromatic nitrogens is 3. The smallest absolute Gasteiger partial charge is 0.199 e. The minimum absolute atomic E-state index is 0.562. The largest absolute Gasteiger partial charge is 0.496 e. The van der Waals surface area contributed by atoms with Gasteiger partial charge in [0.2, 0.25) is 0 Å². The highest BCUT2D eigenvalue weighted by molar-refractivity contribution is 9.10. The van der Waals surface area contributed by atoms with Gasteiger partial charge in [-0.1, -0.05) is 15.9 Å². The Kier molecular flexibility index (Phi) is 4.89. The molecule has 5 nitrogen and oxygen atoms in total. The summed E-state index contributed by atoms with van der Waals surface area (Å²) in [6.07, 6.45) is 2.43. The van der Waals surface area contributed by atoms with E-state index in [1.807, 2.05) is 23.7 Å². The lowest BCUT2D eigenvalue weighted by Crippen LogP contribution is -2.23. The minimum Gasteiger partial charge on any atom is -0.496 e. The summed E-state index contributed by atoms with van der Waals surface area (Å²) >= 11 is 9.10. The summed E-state index contributed by atoms with van der Waals surface area (Å²) < 4.78 is 11.4. The van der Waals surface area contributed by atoms with Crippen LogP contribution in [0.2, 0.25) is 0 Å². The zero-order chi connectivity index (χ0) is 16.6. The fraction of sp³-hybridized carbons (Fsp3) is 0.500. The number of hydrogen-bond donors (Lipinski definition) is 0. The molecule has 1 aromatic carbocycles. The van der Waals surface area contributed by atoms with Crippen molar-refractivity contribution in [2.45, 2.75) is 39.0 Å².